The molecule has 2 aromatic rings. The van der Waals surface area contributed by atoms with Gasteiger partial charge in [-0.15, -0.1) is 0 Å². The Labute approximate surface area is 190 Å². The third-order valence-corrected chi connectivity index (χ3v) is 8.38. The second kappa shape index (κ2) is 9.26. The Balaban J connectivity index is 1.38. The van der Waals surface area contributed by atoms with Gasteiger partial charge in [0.1, 0.15) is 5.82 Å². The first-order valence-electron chi connectivity index (χ1n) is 10.4. The average Bonchev–Trinajstić information content (AvgIpc) is 2.80. The summed E-state index contributed by atoms with van der Waals surface area (Å²) in [5, 5.41) is 0. The number of benzene rings is 2. The predicted octanol–water partition coefficient (Wildman–Crippen LogP) is 3.34. The quantitative estimate of drug-likeness (QED) is 0.634. The monoisotopic (exact) mass is 509 g/mol. The first kappa shape index (κ1) is 22.2. The lowest BCUT2D eigenvalue weighted by Gasteiger charge is -2.39. The molecule has 2 heterocycles. The first-order valence-corrected chi connectivity index (χ1v) is 12.6. The maximum atomic E-state index is 13.1. The fraction of sp³-hybridized carbons (Fsp3) is 0.409. The van der Waals surface area contributed by atoms with Crippen LogP contribution in [-0.4, -0.2) is 62.8 Å². The van der Waals surface area contributed by atoms with Crippen LogP contribution in [0.2, 0.25) is 0 Å². The van der Waals surface area contributed by atoms with Crippen molar-refractivity contribution in [3.05, 3.63) is 58.8 Å². The molecule has 2 aliphatic heterocycles. The second-order valence-electron chi connectivity index (χ2n) is 7.94. The van der Waals surface area contributed by atoms with Crippen molar-refractivity contribution in [2.24, 2.45) is 5.92 Å². The molecule has 6 nitrogen and oxygen atoms in total. The van der Waals surface area contributed by atoms with Crippen LogP contribution in [0.25, 0.3) is 0 Å². The van der Waals surface area contributed by atoms with Crippen molar-refractivity contribution in [1.82, 2.24) is 9.21 Å². The summed E-state index contributed by atoms with van der Waals surface area (Å²) in [6.45, 7) is 3.14. The van der Waals surface area contributed by atoms with Crippen molar-refractivity contribution in [3.8, 4) is 0 Å². The minimum Gasteiger partial charge on any atom is -0.368 e. The van der Waals surface area contributed by atoms with Gasteiger partial charge in [0.2, 0.25) is 15.9 Å². The predicted molar refractivity (Wildman–Crippen MR) is 121 cm³/mol. The number of sulfonamides is 1. The Hall–Kier alpha value is -1.97. The summed E-state index contributed by atoms with van der Waals surface area (Å²) in [5.74, 6) is -0.566. The molecule has 0 unspecified atom stereocenters. The molecule has 0 radical (unpaired) electrons. The van der Waals surface area contributed by atoms with Gasteiger partial charge in [-0.1, -0.05) is 15.9 Å². The standard InChI is InChI=1S/C22H25BrFN3O3S/c23-18-3-9-21(10-4-18)31(29,30)27-11-1-2-17(16-27)22(28)26-14-12-25(13-15-26)20-7-5-19(24)6-8-20/h3-10,17H,1-2,11-16H2/t17-/m1/s1. The Kier molecular flexibility index (Phi) is 6.64. The lowest BCUT2D eigenvalue weighted by molar-refractivity contribution is -0.137. The summed E-state index contributed by atoms with van der Waals surface area (Å²) in [4.78, 5) is 17.3. The van der Waals surface area contributed by atoms with Crippen LogP contribution in [0, 0.1) is 11.7 Å². The summed E-state index contributed by atoms with van der Waals surface area (Å²) in [5.41, 5.74) is 0.943. The highest BCUT2D eigenvalue weighted by Crippen LogP contribution is 2.26. The summed E-state index contributed by atoms with van der Waals surface area (Å²) in [6, 6.07) is 13.0. The SMILES string of the molecule is O=C([C@@H]1CCCN(S(=O)(=O)c2ccc(Br)cc2)C1)N1CCN(c2ccc(F)cc2)CC1. The smallest absolute Gasteiger partial charge is 0.243 e. The minimum atomic E-state index is -3.62. The number of nitrogens with zero attached hydrogens (tertiary/aromatic N) is 3. The molecule has 0 aliphatic carbocycles. The number of piperidine rings is 1. The van der Waals surface area contributed by atoms with E-state index in [0.29, 0.717) is 45.6 Å². The van der Waals surface area contributed by atoms with Crippen molar-refractivity contribution >= 4 is 37.5 Å². The van der Waals surface area contributed by atoms with Gasteiger partial charge in [0.25, 0.3) is 0 Å². The zero-order valence-electron chi connectivity index (χ0n) is 17.1. The first-order chi connectivity index (χ1) is 14.8. The van der Waals surface area contributed by atoms with Gasteiger partial charge in [0.05, 0.1) is 10.8 Å². The number of anilines is 1. The molecular weight excluding hydrogens is 485 g/mol. The number of amides is 1. The van der Waals surface area contributed by atoms with E-state index >= 15 is 0 Å². The van der Waals surface area contributed by atoms with E-state index in [1.807, 2.05) is 4.90 Å². The van der Waals surface area contributed by atoms with Gasteiger partial charge >= 0.3 is 0 Å². The molecule has 4 rings (SSSR count). The Morgan fingerprint density at radius 2 is 1.58 bits per heavy atom. The molecule has 9 heteroatoms. The van der Waals surface area contributed by atoms with Crippen LogP contribution in [-0.2, 0) is 14.8 Å². The van der Waals surface area contributed by atoms with Crippen molar-refractivity contribution in [1.29, 1.82) is 0 Å². The fourth-order valence-corrected chi connectivity index (χ4v) is 6.00. The number of hydrogen-bond acceptors (Lipinski definition) is 4. The minimum absolute atomic E-state index is 0.0227. The zero-order chi connectivity index (χ0) is 22.0. The largest absolute Gasteiger partial charge is 0.368 e. The third kappa shape index (κ3) is 4.94. The molecule has 2 aliphatic rings. The summed E-state index contributed by atoms with van der Waals surface area (Å²) in [7, 11) is -3.62. The molecule has 2 fully saturated rings. The molecule has 166 valence electrons. The number of rotatable bonds is 4. The van der Waals surface area contributed by atoms with E-state index in [4.69, 9.17) is 0 Å². The van der Waals surface area contributed by atoms with Crippen molar-refractivity contribution in [2.75, 3.05) is 44.2 Å². The van der Waals surface area contributed by atoms with Crippen LogP contribution in [0.3, 0.4) is 0 Å². The number of carbonyl (C=O) groups is 1. The molecule has 0 bridgehead atoms. The molecule has 2 saturated heterocycles. The molecule has 0 N–H and O–H groups in total. The molecule has 0 aromatic heterocycles. The lowest BCUT2D eigenvalue weighted by atomic mass is 9.97. The Bertz CT molecular complexity index is 1020. The van der Waals surface area contributed by atoms with E-state index in [9.17, 15) is 17.6 Å². The maximum absolute atomic E-state index is 13.1. The number of carbonyl (C=O) groups excluding carboxylic acids is 1. The van der Waals surface area contributed by atoms with Crippen LogP contribution < -0.4 is 4.90 Å². The summed E-state index contributed by atoms with van der Waals surface area (Å²) in [6.07, 6.45) is 1.37. The Morgan fingerprint density at radius 3 is 2.23 bits per heavy atom. The topological polar surface area (TPSA) is 60.9 Å². The van der Waals surface area contributed by atoms with Crippen LogP contribution in [0.5, 0.6) is 0 Å². The third-order valence-electron chi connectivity index (χ3n) is 5.97. The lowest BCUT2D eigenvalue weighted by Crippen LogP contribution is -2.53. The van der Waals surface area contributed by atoms with Crippen LogP contribution in [0.15, 0.2) is 57.9 Å². The van der Waals surface area contributed by atoms with E-state index in [0.717, 1.165) is 10.2 Å². The zero-order valence-corrected chi connectivity index (χ0v) is 19.5. The normalized spacial score (nSPS) is 20.6. The summed E-state index contributed by atoms with van der Waals surface area (Å²) < 4.78 is 41.4. The van der Waals surface area contributed by atoms with Gasteiger partial charge in [-0.05, 0) is 61.4 Å². The molecular formula is C22H25BrFN3O3S. The van der Waals surface area contributed by atoms with Gasteiger partial charge in [0, 0.05) is 49.4 Å². The molecule has 1 amide bonds. The van der Waals surface area contributed by atoms with E-state index in [2.05, 4.69) is 20.8 Å². The highest BCUT2D eigenvalue weighted by atomic mass is 79.9. The second-order valence-corrected chi connectivity index (χ2v) is 10.8. The Morgan fingerprint density at radius 1 is 0.935 bits per heavy atom. The van der Waals surface area contributed by atoms with E-state index in [1.54, 1.807) is 36.4 Å². The van der Waals surface area contributed by atoms with Gasteiger partial charge in [-0.25, -0.2) is 12.8 Å². The molecule has 1 atom stereocenters. The van der Waals surface area contributed by atoms with E-state index in [1.165, 1.54) is 16.4 Å². The highest BCUT2D eigenvalue weighted by molar-refractivity contribution is 9.10. The van der Waals surface area contributed by atoms with Gasteiger partial charge in [0.15, 0.2) is 0 Å². The van der Waals surface area contributed by atoms with Gasteiger partial charge in [-0.3, -0.25) is 4.79 Å². The van der Waals surface area contributed by atoms with Gasteiger partial charge in [-0.2, -0.15) is 4.31 Å². The highest BCUT2D eigenvalue weighted by Gasteiger charge is 2.35. The molecule has 0 saturated carbocycles. The molecule has 2 aromatic carbocycles. The fourth-order valence-electron chi connectivity index (χ4n) is 4.21. The number of halogens is 2. The van der Waals surface area contributed by atoms with Gasteiger partial charge < -0.3 is 9.80 Å². The van der Waals surface area contributed by atoms with E-state index in [-0.39, 0.29) is 29.1 Å². The molecule has 31 heavy (non-hydrogen) atoms. The van der Waals surface area contributed by atoms with Crippen LogP contribution in [0.1, 0.15) is 12.8 Å². The van der Waals surface area contributed by atoms with Crippen LogP contribution in [0.4, 0.5) is 10.1 Å². The van der Waals surface area contributed by atoms with Crippen LogP contribution >= 0.6 is 15.9 Å². The van der Waals surface area contributed by atoms with Crippen molar-refractivity contribution in [3.63, 3.8) is 0 Å². The van der Waals surface area contributed by atoms with Crippen molar-refractivity contribution < 1.29 is 17.6 Å². The van der Waals surface area contributed by atoms with Crippen molar-refractivity contribution in [2.45, 2.75) is 17.7 Å². The average molecular weight is 510 g/mol. The summed E-state index contributed by atoms with van der Waals surface area (Å²) >= 11 is 3.32. The van der Waals surface area contributed by atoms with E-state index < -0.39 is 10.0 Å². The number of piperazine rings is 1. The number of hydrogen-bond donors (Lipinski definition) is 0. The maximum Gasteiger partial charge on any atom is 0.243 e. The molecule has 0 spiro atoms.